The average Bonchev–Trinajstić information content (AvgIpc) is 3.81. The van der Waals surface area contributed by atoms with Crippen molar-refractivity contribution >= 4 is 0 Å². The molecule has 1 heterocycles. The molecule has 9 rings (SSSR count). The van der Waals surface area contributed by atoms with Crippen LogP contribution in [0.3, 0.4) is 0 Å². The van der Waals surface area contributed by atoms with Gasteiger partial charge in [0.1, 0.15) is 5.66 Å². The molecule has 1 saturated heterocycles. The van der Waals surface area contributed by atoms with Gasteiger partial charge in [-0.1, -0.05) is 162 Å². The van der Waals surface area contributed by atoms with E-state index < -0.39 is 11.2 Å². The highest BCUT2D eigenvalue weighted by molar-refractivity contribution is 5.82. The van der Waals surface area contributed by atoms with Gasteiger partial charge in [0.25, 0.3) is 0 Å². The van der Waals surface area contributed by atoms with Crippen LogP contribution in [0, 0.1) is 5.41 Å². The highest BCUT2D eigenvalue weighted by Gasteiger charge is 2.67. The number of benzene rings is 4. The van der Waals surface area contributed by atoms with Gasteiger partial charge in [0, 0.05) is 16.2 Å². The van der Waals surface area contributed by atoms with E-state index >= 15 is 0 Å². The third-order valence-corrected chi connectivity index (χ3v) is 14.0. The van der Waals surface area contributed by atoms with E-state index in [-0.39, 0.29) is 22.3 Å². The van der Waals surface area contributed by atoms with Crippen LogP contribution in [-0.4, -0.2) is 5.66 Å². The molecule has 4 aliphatic carbocycles. The normalized spacial score (nSPS) is 26.4. The Morgan fingerprint density at radius 3 is 1.92 bits per heavy atom. The van der Waals surface area contributed by atoms with E-state index in [9.17, 15) is 0 Å². The molecule has 4 aromatic carbocycles. The predicted octanol–water partition coefficient (Wildman–Crippen LogP) is 10.8. The van der Waals surface area contributed by atoms with Crippen LogP contribution >= 0.6 is 0 Å². The lowest BCUT2D eigenvalue weighted by Crippen LogP contribution is -2.62. The fourth-order valence-corrected chi connectivity index (χ4v) is 10.6. The van der Waals surface area contributed by atoms with Crippen molar-refractivity contribution in [3.8, 4) is 22.3 Å². The Bertz CT molecular complexity index is 2290. The van der Waals surface area contributed by atoms with Gasteiger partial charge in [-0.2, -0.15) is 0 Å². The maximum Gasteiger partial charge on any atom is 0.115 e. The summed E-state index contributed by atoms with van der Waals surface area (Å²) >= 11 is 0. The summed E-state index contributed by atoms with van der Waals surface area (Å²) in [6.45, 7) is 18.8. The van der Waals surface area contributed by atoms with Gasteiger partial charge >= 0.3 is 0 Å². The summed E-state index contributed by atoms with van der Waals surface area (Å²) in [5, 5.41) is 4.00. The molecule has 0 aromatic heterocycles. The van der Waals surface area contributed by atoms with Gasteiger partial charge in [-0.3, -0.25) is 5.32 Å². The second kappa shape index (κ2) is 11.1. The first-order valence-electron chi connectivity index (χ1n) is 19.3. The van der Waals surface area contributed by atoms with Gasteiger partial charge in [-0.25, -0.2) is 0 Å². The summed E-state index contributed by atoms with van der Waals surface area (Å²) in [7, 11) is 0. The summed E-state index contributed by atoms with van der Waals surface area (Å²) in [6, 6.07) is 31.6. The van der Waals surface area contributed by atoms with Crippen LogP contribution in [0.4, 0.5) is 0 Å². The minimum Gasteiger partial charge on any atom is -0.308 e. The predicted molar refractivity (Wildman–Crippen MR) is 217 cm³/mol. The Hall–Kier alpha value is -4.28. The van der Waals surface area contributed by atoms with Crippen molar-refractivity contribution in [1.82, 2.24) is 5.32 Å². The second-order valence-corrected chi connectivity index (χ2v) is 17.8. The number of nitrogens with two attached hydrogens (primary N) is 2. The Balaban J connectivity index is 1.20. The second-order valence-electron chi connectivity index (χ2n) is 17.8. The van der Waals surface area contributed by atoms with E-state index in [0.29, 0.717) is 0 Å². The number of nitrogens with one attached hydrogen (secondary N) is 1. The fourth-order valence-electron chi connectivity index (χ4n) is 10.6. The molecule has 0 radical (unpaired) electrons. The number of allylic oxidation sites excluding steroid dienone is 5. The number of hydrogen-bond donors (Lipinski definition) is 3. The molecule has 264 valence electrons. The third kappa shape index (κ3) is 4.49. The molecule has 5 N–H and O–H groups in total. The summed E-state index contributed by atoms with van der Waals surface area (Å²) < 4.78 is 0. The molecular weight excluding hydrogens is 631 g/mol. The van der Waals surface area contributed by atoms with Crippen molar-refractivity contribution < 1.29 is 0 Å². The summed E-state index contributed by atoms with van der Waals surface area (Å²) in [4.78, 5) is 0. The molecular formula is C49H53N3. The Morgan fingerprint density at radius 2 is 1.25 bits per heavy atom. The van der Waals surface area contributed by atoms with E-state index in [1.807, 2.05) is 0 Å². The highest BCUT2D eigenvalue weighted by Crippen LogP contribution is 2.59. The van der Waals surface area contributed by atoms with Crippen LogP contribution in [0.5, 0.6) is 0 Å². The minimum absolute atomic E-state index is 0.0909. The van der Waals surface area contributed by atoms with Crippen molar-refractivity contribution in [1.29, 1.82) is 0 Å². The van der Waals surface area contributed by atoms with Gasteiger partial charge in [0.2, 0.25) is 0 Å². The molecule has 5 aliphatic rings. The standard InChI is InChI=1S/C49H53N3/c1-30-27-34(17-14-16-31-15-8-11-20-39(31)45(30,2)3)49(50,51)48(33-24-26-38-36-19-10-13-22-41(36)47(6,7)43(38)29-33)44(52-48)32-23-25-37-35-18-9-12-21-40(35)46(4,5)42(37)28-32/h9-10,12-14,17-19,21-29,44,52H,1,8,11,15-16,20,50-51H2,2-7H3/b17-14-,34-27+/t44?,48-/m0/s1. The van der Waals surface area contributed by atoms with Gasteiger partial charge in [0.15, 0.2) is 0 Å². The average molecular weight is 684 g/mol. The topological polar surface area (TPSA) is 74.0 Å². The summed E-state index contributed by atoms with van der Waals surface area (Å²) in [5.74, 6) is 0. The number of rotatable bonds is 4. The smallest absolute Gasteiger partial charge is 0.115 e. The maximum absolute atomic E-state index is 7.73. The lowest BCUT2D eigenvalue weighted by Gasteiger charge is -2.38. The molecule has 1 unspecified atom stereocenters. The summed E-state index contributed by atoms with van der Waals surface area (Å²) in [5.41, 5.74) is 31.1. The first-order chi connectivity index (χ1) is 24.7. The van der Waals surface area contributed by atoms with Crippen LogP contribution in [0.25, 0.3) is 22.3 Å². The molecule has 4 aromatic rings. The van der Waals surface area contributed by atoms with E-state index in [1.165, 1.54) is 62.9 Å². The first-order valence-corrected chi connectivity index (χ1v) is 19.3. The Morgan fingerprint density at radius 1 is 0.673 bits per heavy atom. The van der Waals surface area contributed by atoms with Crippen molar-refractivity contribution in [3.05, 3.63) is 165 Å². The first kappa shape index (κ1) is 33.5. The number of hydrogen-bond acceptors (Lipinski definition) is 3. The zero-order chi connectivity index (χ0) is 36.4. The zero-order valence-electron chi connectivity index (χ0n) is 31.8. The molecule has 1 aliphatic heterocycles. The van der Waals surface area contributed by atoms with Crippen molar-refractivity contribution in [3.63, 3.8) is 0 Å². The maximum atomic E-state index is 7.73. The molecule has 3 nitrogen and oxygen atoms in total. The molecule has 2 atom stereocenters. The Labute approximate surface area is 310 Å². The van der Waals surface area contributed by atoms with Crippen LogP contribution in [0.1, 0.15) is 113 Å². The Kier molecular flexibility index (Phi) is 7.17. The SMILES string of the molecule is C=C1/C=C(C(N)(N)[C@@]2(c3ccc4c(c3)C(C)(C)c3ccccc3-4)NC2c2ccc3c(c2)C(C)(C)c2ccccc2-3)\C=C/CC2=C(CCCC2)C1(C)C. The van der Waals surface area contributed by atoms with Crippen molar-refractivity contribution in [2.24, 2.45) is 16.9 Å². The molecule has 0 saturated carbocycles. The fraction of sp³-hybridized carbons (Fsp3) is 0.347. The van der Waals surface area contributed by atoms with Crippen LogP contribution in [0.15, 0.2) is 132 Å². The monoisotopic (exact) mass is 683 g/mol. The highest BCUT2D eigenvalue weighted by atomic mass is 15.3. The molecule has 52 heavy (non-hydrogen) atoms. The van der Waals surface area contributed by atoms with E-state index in [4.69, 9.17) is 18.0 Å². The third-order valence-electron chi connectivity index (χ3n) is 14.0. The van der Waals surface area contributed by atoms with E-state index in [2.05, 4.69) is 150 Å². The van der Waals surface area contributed by atoms with Gasteiger partial charge < -0.3 is 11.5 Å². The quantitative estimate of drug-likeness (QED) is 0.114. The van der Waals surface area contributed by atoms with Gasteiger partial charge in [0.05, 0.1) is 11.6 Å². The van der Waals surface area contributed by atoms with Crippen molar-refractivity contribution in [2.75, 3.05) is 0 Å². The molecule has 3 heteroatoms. The lowest BCUT2D eigenvalue weighted by atomic mass is 9.70. The van der Waals surface area contributed by atoms with Crippen molar-refractivity contribution in [2.45, 2.75) is 102 Å². The van der Waals surface area contributed by atoms with Gasteiger partial charge in [-0.15, -0.1) is 0 Å². The van der Waals surface area contributed by atoms with Crippen LogP contribution in [0.2, 0.25) is 0 Å². The molecule has 1 fully saturated rings. The largest absolute Gasteiger partial charge is 0.308 e. The molecule has 0 amide bonds. The van der Waals surface area contributed by atoms with Crippen LogP contribution < -0.4 is 16.8 Å². The molecule has 0 spiro atoms. The lowest BCUT2D eigenvalue weighted by molar-refractivity contribution is 0.380. The molecule has 0 bridgehead atoms. The number of fused-ring (bicyclic) bond motifs is 6. The van der Waals surface area contributed by atoms with E-state index in [1.54, 1.807) is 11.1 Å². The summed E-state index contributed by atoms with van der Waals surface area (Å²) in [6.07, 6.45) is 12.4. The zero-order valence-corrected chi connectivity index (χ0v) is 31.8. The minimum atomic E-state index is -1.26. The van der Waals surface area contributed by atoms with E-state index in [0.717, 1.165) is 36.0 Å². The van der Waals surface area contributed by atoms with Crippen LogP contribution in [-0.2, 0) is 16.4 Å². The van der Waals surface area contributed by atoms with Gasteiger partial charge in [-0.05, 0) is 98.9 Å².